The van der Waals surface area contributed by atoms with Crippen LogP contribution < -0.4 is 5.32 Å². The number of aliphatic hydroxyl groups is 1. The van der Waals surface area contributed by atoms with Gasteiger partial charge in [-0.1, -0.05) is 60.2 Å². The van der Waals surface area contributed by atoms with Gasteiger partial charge in [-0.2, -0.15) is 5.10 Å². The van der Waals surface area contributed by atoms with Gasteiger partial charge in [0.25, 0.3) is 0 Å². The average molecular weight is 335 g/mol. The smallest absolute Gasteiger partial charge is 0.0968 e. The lowest BCUT2D eigenvalue weighted by molar-refractivity contribution is 0.286. The van der Waals surface area contributed by atoms with Gasteiger partial charge in [0, 0.05) is 30.5 Å². The zero-order chi connectivity index (χ0) is 17.5. The second-order valence-corrected chi connectivity index (χ2v) is 6.31. The largest absolute Gasteiger partial charge is 0.396 e. The Labute approximate surface area is 149 Å². The molecular formula is C21H25N3O. The number of aryl methyl sites for hydroxylation is 1. The number of rotatable bonds is 8. The molecule has 0 atom stereocenters. The van der Waals surface area contributed by atoms with Gasteiger partial charge < -0.3 is 10.4 Å². The Kier molecular flexibility index (Phi) is 5.99. The van der Waals surface area contributed by atoms with Gasteiger partial charge in [0.2, 0.25) is 0 Å². The van der Waals surface area contributed by atoms with E-state index in [2.05, 4.69) is 67.0 Å². The first kappa shape index (κ1) is 17.4. The summed E-state index contributed by atoms with van der Waals surface area (Å²) >= 11 is 0. The predicted octanol–water partition coefficient (Wildman–Crippen LogP) is 3.38. The lowest BCUT2D eigenvalue weighted by Crippen LogP contribution is -2.15. The van der Waals surface area contributed by atoms with Crippen LogP contribution in [-0.2, 0) is 13.1 Å². The van der Waals surface area contributed by atoms with Gasteiger partial charge in [-0.3, -0.25) is 4.68 Å². The molecule has 4 nitrogen and oxygen atoms in total. The van der Waals surface area contributed by atoms with Crippen molar-refractivity contribution >= 4 is 0 Å². The van der Waals surface area contributed by atoms with E-state index in [1.165, 1.54) is 16.7 Å². The highest BCUT2D eigenvalue weighted by atomic mass is 16.3. The van der Waals surface area contributed by atoms with E-state index in [9.17, 15) is 0 Å². The molecule has 0 unspecified atom stereocenters. The van der Waals surface area contributed by atoms with Crippen LogP contribution >= 0.6 is 0 Å². The summed E-state index contributed by atoms with van der Waals surface area (Å²) in [5.74, 6) is 0. The topological polar surface area (TPSA) is 50.1 Å². The summed E-state index contributed by atoms with van der Waals surface area (Å²) in [5, 5.41) is 17.2. The molecule has 1 aromatic heterocycles. The Bertz CT molecular complexity index is 779. The average Bonchev–Trinajstić information content (AvgIpc) is 3.03. The molecule has 0 bridgehead atoms. The van der Waals surface area contributed by atoms with Gasteiger partial charge >= 0.3 is 0 Å². The number of nitrogens with zero attached hydrogens (tertiary/aromatic N) is 2. The van der Waals surface area contributed by atoms with E-state index in [1.807, 2.05) is 10.7 Å². The molecule has 0 amide bonds. The minimum Gasteiger partial charge on any atom is -0.396 e. The van der Waals surface area contributed by atoms with Crippen molar-refractivity contribution in [2.24, 2.45) is 0 Å². The molecule has 2 aromatic carbocycles. The Morgan fingerprint density at radius 2 is 1.80 bits per heavy atom. The normalized spacial score (nSPS) is 11.0. The van der Waals surface area contributed by atoms with Crippen LogP contribution in [0.15, 0.2) is 60.8 Å². The van der Waals surface area contributed by atoms with Gasteiger partial charge in [-0.25, -0.2) is 0 Å². The number of aliphatic hydroxyl groups excluding tert-OH is 1. The summed E-state index contributed by atoms with van der Waals surface area (Å²) in [6.07, 6.45) is 2.88. The van der Waals surface area contributed by atoms with E-state index < -0.39 is 0 Å². The molecule has 0 fully saturated rings. The van der Waals surface area contributed by atoms with Gasteiger partial charge in [0.05, 0.1) is 12.2 Å². The summed E-state index contributed by atoms with van der Waals surface area (Å²) in [4.78, 5) is 0. The van der Waals surface area contributed by atoms with Crippen molar-refractivity contribution < 1.29 is 5.11 Å². The summed E-state index contributed by atoms with van der Waals surface area (Å²) in [6, 6.07) is 18.9. The molecule has 1 heterocycles. The van der Waals surface area contributed by atoms with Gasteiger partial charge in [-0.05, 0) is 25.5 Å². The Morgan fingerprint density at radius 3 is 2.52 bits per heavy atom. The van der Waals surface area contributed by atoms with E-state index in [1.54, 1.807) is 0 Å². The van der Waals surface area contributed by atoms with Crippen LogP contribution in [0.25, 0.3) is 11.3 Å². The highest BCUT2D eigenvalue weighted by Crippen LogP contribution is 2.23. The van der Waals surface area contributed by atoms with Crippen LogP contribution in [0, 0.1) is 6.92 Å². The Balaban J connectivity index is 1.83. The van der Waals surface area contributed by atoms with Crippen molar-refractivity contribution in [2.45, 2.75) is 26.4 Å². The highest BCUT2D eigenvalue weighted by Gasteiger charge is 2.11. The molecule has 3 rings (SSSR count). The second-order valence-electron chi connectivity index (χ2n) is 6.31. The molecule has 0 spiro atoms. The van der Waals surface area contributed by atoms with Crippen LogP contribution in [-0.4, -0.2) is 28.0 Å². The van der Waals surface area contributed by atoms with Crippen molar-refractivity contribution in [1.82, 2.24) is 15.1 Å². The van der Waals surface area contributed by atoms with Crippen molar-refractivity contribution in [3.05, 3.63) is 77.5 Å². The first-order valence-electron chi connectivity index (χ1n) is 8.75. The lowest BCUT2D eigenvalue weighted by atomic mass is 10.1. The summed E-state index contributed by atoms with van der Waals surface area (Å²) < 4.78 is 2.01. The quantitative estimate of drug-likeness (QED) is 0.621. The molecule has 0 radical (unpaired) electrons. The lowest BCUT2D eigenvalue weighted by Gasteiger charge is -2.04. The molecule has 2 N–H and O–H groups in total. The molecule has 0 aliphatic heterocycles. The van der Waals surface area contributed by atoms with Crippen LogP contribution in [0.2, 0.25) is 0 Å². The molecule has 0 aliphatic rings. The highest BCUT2D eigenvalue weighted by molar-refractivity contribution is 5.63. The maximum atomic E-state index is 8.93. The fraction of sp³-hybridized carbons (Fsp3) is 0.286. The zero-order valence-corrected chi connectivity index (χ0v) is 14.7. The third-order valence-electron chi connectivity index (χ3n) is 4.18. The van der Waals surface area contributed by atoms with E-state index >= 15 is 0 Å². The summed E-state index contributed by atoms with van der Waals surface area (Å²) in [7, 11) is 0. The van der Waals surface area contributed by atoms with Crippen LogP contribution in [0.5, 0.6) is 0 Å². The molecule has 130 valence electrons. The molecule has 0 aliphatic carbocycles. The first-order valence-corrected chi connectivity index (χ1v) is 8.75. The van der Waals surface area contributed by atoms with Crippen molar-refractivity contribution in [1.29, 1.82) is 0 Å². The molecule has 4 heteroatoms. The second kappa shape index (κ2) is 8.60. The Morgan fingerprint density at radius 1 is 1.04 bits per heavy atom. The van der Waals surface area contributed by atoms with Crippen LogP contribution in [0.1, 0.15) is 23.1 Å². The van der Waals surface area contributed by atoms with Crippen molar-refractivity contribution in [3.8, 4) is 11.3 Å². The maximum absolute atomic E-state index is 8.93. The van der Waals surface area contributed by atoms with Crippen molar-refractivity contribution in [3.63, 3.8) is 0 Å². The third kappa shape index (κ3) is 4.78. The van der Waals surface area contributed by atoms with Gasteiger partial charge in [0.15, 0.2) is 0 Å². The predicted molar refractivity (Wildman–Crippen MR) is 101 cm³/mol. The van der Waals surface area contributed by atoms with Crippen LogP contribution in [0.3, 0.4) is 0 Å². The molecule has 3 aromatic rings. The number of aromatic nitrogens is 2. The fourth-order valence-electron chi connectivity index (χ4n) is 2.83. The monoisotopic (exact) mass is 335 g/mol. The van der Waals surface area contributed by atoms with Gasteiger partial charge in [0.1, 0.15) is 0 Å². The minimum atomic E-state index is 0.213. The van der Waals surface area contributed by atoms with E-state index in [0.29, 0.717) is 0 Å². The summed E-state index contributed by atoms with van der Waals surface area (Å²) in [6.45, 7) is 4.61. The Hall–Kier alpha value is -2.43. The maximum Gasteiger partial charge on any atom is 0.0968 e. The standard InChI is InChI=1S/C21H25N3O/c1-17-8-10-19(11-9-17)21-20(14-22-12-5-13-25)16-24(23-21)15-18-6-3-2-4-7-18/h2-4,6-11,16,22,25H,5,12-15H2,1H3. The molecule has 25 heavy (non-hydrogen) atoms. The molecule has 0 saturated heterocycles. The fourth-order valence-corrected chi connectivity index (χ4v) is 2.83. The molecular weight excluding hydrogens is 310 g/mol. The first-order chi connectivity index (χ1) is 12.3. The number of nitrogens with one attached hydrogen (secondary N) is 1. The summed E-state index contributed by atoms with van der Waals surface area (Å²) in [5.41, 5.74) is 5.82. The van der Waals surface area contributed by atoms with E-state index in [4.69, 9.17) is 10.2 Å². The van der Waals surface area contributed by atoms with E-state index in [0.717, 1.165) is 37.3 Å². The number of hydrogen-bond donors (Lipinski definition) is 2. The molecule has 0 saturated carbocycles. The number of hydrogen-bond acceptors (Lipinski definition) is 3. The third-order valence-corrected chi connectivity index (χ3v) is 4.18. The SMILES string of the molecule is Cc1ccc(-c2nn(Cc3ccccc3)cc2CNCCCO)cc1. The zero-order valence-electron chi connectivity index (χ0n) is 14.7. The number of benzene rings is 2. The van der Waals surface area contributed by atoms with Gasteiger partial charge in [-0.15, -0.1) is 0 Å². The van der Waals surface area contributed by atoms with E-state index in [-0.39, 0.29) is 6.61 Å². The van der Waals surface area contributed by atoms with Crippen molar-refractivity contribution in [2.75, 3.05) is 13.2 Å². The minimum absolute atomic E-state index is 0.213. The van der Waals surface area contributed by atoms with Crippen LogP contribution in [0.4, 0.5) is 0 Å².